The second-order valence-electron chi connectivity index (χ2n) is 14.1. The molecule has 3 aliphatic rings. The molecule has 4 atom stereocenters. The van der Waals surface area contributed by atoms with Crippen molar-refractivity contribution in [2.75, 3.05) is 41.0 Å². The lowest BCUT2D eigenvalue weighted by atomic mass is 9.58. The Balaban J connectivity index is 0.000000695. The van der Waals surface area contributed by atoms with Gasteiger partial charge >= 0.3 is 11.9 Å². The molecule has 1 saturated carbocycles. The summed E-state index contributed by atoms with van der Waals surface area (Å²) in [7, 11) is 6.38. The summed E-state index contributed by atoms with van der Waals surface area (Å²) >= 11 is 0. The van der Waals surface area contributed by atoms with E-state index in [1.165, 1.54) is 30.4 Å². The summed E-state index contributed by atoms with van der Waals surface area (Å²) in [5, 5.41) is 0. The van der Waals surface area contributed by atoms with Crippen LogP contribution in [-0.4, -0.2) is 68.3 Å². The van der Waals surface area contributed by atoms with Crippen LogP contribution >= 0.6 is 0 Å². The molecule has 4 rings (SSSR count). The zero-order valence-electron chi connectivity index (χ0n) is 25.1. The van der Waals surface area contributed by atoms with Gasteiger partial charge in [-0.05, 0) is 98.3 Å². The molecule has 1 aliphatic heterocycles. The summed E-state index contributed by atoms with van der Waals surface area (Å²) in [4.78, 5) is 27.2. The van der Waals surface area contributed by atoms with E-state index in [1.54, 1.807) is 0 Å². The first kappa shape index (κ1) is 29.6. The van der Waals surface area contributed by atoms with E-state index in [4.69, 9.17) is 9.47 Å². The summed E-state index contributed by atoms with van der Waals surface area (Å²) in [6, 6.07) is 6.71. The fraction of sp³-hybridized carbons (Fsp3) is 0.742. The molecule has 1 heterocycles. The van der Waals surface area contributed by atoms with Crippen molar-refractivity contribution in [1.29, 1.82) is 0 Å². The number of carbonyl (C=O) groups excluding carboxylic acids is 2. The van der Waals surface area contributed by atoms with E-state index in [2.05, 4.69) is 45.1 Å². The number of quaternary nitrogens is 1. The Labute approximate surface area is 225 Å². The molecule has 208 valence electrons. The highest BCUT2D eigenvalue weighted by molar-refractivity contribution is 5.78. The molecule has 0 radical (unpaired) electrons. The number of carbonyl (C=O) groups is 2. The number of nitrogens with zero attached hydrogens (tertiary/aromatic N) is 2. The standard InChI is InChI=1S/C27H40NO4.C4H11N/c1-25(2,3)23(29)31-17-28(7)16-27-13-9-8-10-20(27)22(28)14-18-11-12-19(15-21(18)27)32-24(30)26(4,5)6;1-4-5(2)3/h11-12,15,20,22H,8-10,13-14,16-17H2,1-7H3;4H2,1-3H3/q+1;. The number of hydrogen-bond acceptors (Lipinski definition) is 5. The number of hydrogen-bond donors (Lipinski definition) is 0. The SMILES string of the molecule is CC(C)(C)C(=O)OC[N+]1(C)CC23CCCCC2C1Cc1ccc(OC(=O)C(C)(C)C)cc13.CCN(C)C. The van der Waals surface area contributed by atoms with Crippen LogP contribution in [0.3, 0.4) is 0 Å². The van der Waals surface area contributed by atoms with Gasteiger partial charge in [-0.1, -0.05) is 25.8 Å². The quantitative estimate of drug-likeness (QED) is 0.298. The van der Waals surface area contributed by atoms with Crippen molar-refractivity contribution >= 4 is 11.9 Å². The first-order valence-corrected chi connectivity index (χ1v) is 14.1. The van der Waals surface area contributed by atoms with Gasteiger partial charge in [-0.3, -0.25) is 14.1 Å². The van der Waals surface area contributed by atoms with Crippen LogP contribution in [0, 0.1) is 16.7 Å². The highest BCUT2D eigenvalue weighted by Crippen LogP contribution is 2.58. The number of fused-ring (bicyclic) bond motifs is 1. The largest absolute Gasteiger partial charge is 0.426 e. The Morgan fingerprint density at radius 1 is 1.05 bits per heavy atom. The third kappa shape index (κ3) is 6.22. The van der Waals surface area contributed by atoms with Crippen LogP contribution in [0.2, 0.25) is 0 Å². The molecule has 4 unspecified atom stereocenters. The Bertz CT molecular complexity index is 990. The Kier molecular flexibility index (Phi) is 8.56. The molecule has 2 aliphatic carbocycles. The number of rotatable bonds is 4. The average molecular weight is 516 g/mol. The summed E-state index contributed by atoms with van der Waals surface area (Å²) < 4.78 is 12.4. The van der Waals surface area contributed by atoms with Gasteiger partial charge in [-0.25, -0.2) is 0 Å². The van der Waals surface area contributed by atoms with Crippen LogP contribution in [0.5, 0.6) is 5.75 Å². The Morgan fingerprint density at radius 3 is 2.24 bits per heavy atom. The third-order valence-corrected chi connectivity index (χ3v) is 8.61. The Morgan fingerprint density at radius 2 is 1.68 bits per heavy atom. The molecule has 6 nitrogen and oxygen atoms in total. The predicted octanol–water partition coefficient (Wildman–Crippen LogP) is 5.57. The molecule has 0 N–H and O–H groups in total. The zero-order chi connectivity index (χ0) is 27.8. The molecule has 1 aromatic carbocycles. The van der Waals surface area contributed by atoms with Crippen molar-refractivity contribution in [1.82, 2.24) is 4.90 Å². The molecular formula is C31H51N2O4+. The molecule has 0 aromatic heterocycles. The van der Waals surface area contributed by atoms with Crippen molar-refractivity contribution in [3.8, 4) is 5.75 Å². The van der Waals surface area contributed by atoms with Crippen LogP contribution in [0.25, 0.3) is 0 Å². The van der Waals surface area contributed by atoms with Crippen molar-refractivity contribution in [2.45, 2.75) is 92.0 Å². The van der Waals surface area contributed by atoms with Crippen molar-refractivity contribution in [3.63, 3.8) is 0 Å². The molecule has 6 heteroatoms. The minimum Gasteiger partial charge on any atom is -0.426 e. The van der Waals surface area contributed by atoms with Gasteiger partial charge in [0.25, 0.3) is 0 Å². The lowest BCUT2D eigenvalue weighted by Gasteiger charge is -2.43. The lowest BCUT2D eigenvalue weighted by Crippen LogP contribution is -2.52. The number of benzene rings is 1. The van der Waals surface area contributed by atoms with Gasteiger partial charge in [0.1, 0.15) is 5.75 Å². The van der Waals surface area contributed by atoms with E-state index in [-0.39, 0.29) is 17.4 Å². The minimum atomic E-state index is -0.535. The van der Waals surface area contributed by atoms with Crippen LogP contribution in [0.4, 0.5) is 0 Å². The fourth-order valence-corrected chi connectivity index (χ4v) is 6.31. The molecule has 1 aromatic rings. The van der Waals surface area contributed by atoms with E-state index in [9.17, 15) is 9.59 Å². The summed E-state index contributed by atoms with van der Waals surface area (Å²) in [5.41, 5.74) is 1.78. The minimum absolute atomic E-state index is 0.0730. The van der Waals surface area contributed by atoms with Crippen LogP contribution in [-0.2, 0) is 26.2 Å². The molecule has 1 saturated heterocycles. The van der Waals surface area contributed by atoms with Crippen LogP contribution in [0.1, 0.15) is 85.3 Å². The predicted molar refractivity (Wildman–Crippen MR) is 148 cm³/mol. The fourth-order valence-electron chi connectivity index (χ4n) is 6.31. The Hall–Kier alpha value is -1.92. The zero-order valence-corrected chi connectivity index (χ0v) is 25.1. The lowest BCUT2D eigenvalue weighted by molar-refractivity contribution is -0.939. The maximum Gasteiger partial charge on any atom is 0.316 e. The highest BCUT2D eigenvalue weighted by atomic mass is 16.6. The molecular weight excluding hydrogens is 464 g/mol. The summed E-state index contributed by atoms with van der Waals surface area (Å²) in [6.45, 7) is 16.0. The number of esters is 2. The second-order valence-corrected chi connectivity index (χ2v) is 14.1. The van der Waals surface area contributed by atoms with Gasteiger partial charge < -0.3 is 14.4 Å². The first-order chi connectivity index (χ1) is 17.0. The maximum absolute atomic E-state index is 12.5. The van der Waals surface area contributed by atoms with Gasteiger partial charge in [0.15, 0.2) is 0 Å². The van der Waals surface area contributed by atoms with Gasteiger partial charge in [-0.15, -0.1) is 0 Å². The van der Waals surface area contributed by atoms with Gasteiger partial charge in [0.05, 0.1) is 35.9 Å². The molecule has 2 bridgehead atoms. The normalized spacial score (nSPS) is 28.5. The van der Waals surface area contributed by atoms with E-state index in [0.29, 0.717) is 24.4 Å². The number of ether oxygens (including phenoxy) is 2. The number of likely N-dealkylation sites (N-methyl/N-ethyl adjacent to an activating group) is 1. The highest BCUT2D eigenvalue weighted by Gasteiger charge is 2.64. The second kappa shape index (κ2) is 10.7. The van der Waals surface area contributed by atoms with Gasteiger partial charge in [-0.2, -0.15) is 0 Å². The van der Waals surface area contributed by atoms with Gasteiger partial charge in [0, 0.05) is 12.3 Å². The molecule has 2 fully saturated rings. The third-order valence-electron chi connectivity index (χ3n) is 8.61. The summed E-state index contributed by atoms with van der Waals surface area (Å²) in [5.74, 6) is 0.898. The van der Waals surface area contributed by atoms with E-state index in [0.717, 1.165) is 30.4 Å². The average Bonchev–Trinajstić information content (AvgIpc) is 3.00. The van der Waals surface area contributed by atoms with Crippen LogP contribution < -0.4 is 4.74 Å². The molecule has 37 heavy (non-hydrogen) atoms. The van der Waals surface area contributed by atoms with Crippen molar-refractivity contribution in [2.24, 2.45) is 16.7 Å². The smallest absolute Gasteiger partial charge is 0.316 e. The van der Waals surface area contributed by atoms with Crippen molar-refractivity contribution < 1.29 is 23.5 Å². The molecule has 0 spiro atoms. The van der Waals surface area contributed by atoms with Gasteiger partial charge in [0.2, 0.25) is 6.73 Å². The topological polar surface area (TPSA) is 55.8 Å². The van der Waals surface area contributed by atoms with Crippen LogP contribution in [0.15, 0.2) is 18.2 Å². The maximum atomic E-state index is 12.5. The first-order valence-electron chi connectivity index (χ1n) is 14.1. The van der Waals surface area contributed by atoms with E-state index in [1.807, 2.05) is 47.6 Å². The molecule has 0 amide bonds. The van der Waals surface area contributed by atoms with E-state index >= 15 is 0 Å². The summed E-state index contributed by atoms with van der Waals surface area (Å²) in [6.07, 6.45) is 5.84. The number of likely N-dealkylation sites (tertiary alicyclic amines) is 1. The van der Waals surface area contributed by atoms with Crippen molar-refractivity contribution in [3.05, 3.63) is 29.3 Å². The monoisotopic (exact) mass is 515 g/mol. The van der Waals surface area contributed by atoms with E-state index < -0.39 is 10.8 Å².